The van der Waals surface area contributed by atoms with E-state index in [-0.39, 0.29) is 5.82 Å². The number of amides is 1. The van der Waals surface area contributed by atoms with Gasteiger partial charge in [0.1, 0.15) is 11.4 Å². The summed E-state index contributed by atoms with van der Waals surface area (Å²) in [6, 6.07) is 6.26. The van der Waals surface area contributed by atoms with Gasteiger partial charge in [-0.1, -0.05) is 12.1 Å². The molecule has 0 aromatic heterocycles. The number of rotatable bonds is 5. The summed E-state index contributed by atoms with van der Waals surface area (Å²) in [7, 11) is 1.66. The first-order chi connectivity index (χ1) is 11.5. The van der Waals surface area contributed by atoms with Crippen molar-refractivity contribution in [2.24, 2.45) is 4.99 Å². The average molecular weight is 352 g/mol. The SMILES string of the molecule is CN=C(NCc1ccc(F)cc1)NCC(C)(C)NC(=O)OC(C)(C)C. The van der Waals surface area contributed by atoms with E-state index in [0.717, 1.165) is 5.56 Å². The molecule has 0 fully saturated rings. The first-order valence-electron chi connectivity index (χ1n) is 8.21. The van der Waals surface area contributed by atoms with Gasteiger partial charge in [0, 0.05) is 20.1 Å². The summed E-state index contributed by atoms with van der Waals surface area (Å²) in [6.07, 6.45) is -0.464. The molecule has 0 saturated carbocycles. The molecule has 3 N–H and O–H groups in total. The molecule has 0 radical (unpaired) electrons. The lowest BCUT2D eigenvalue weighted by atomic mass is 10.1. The van der Waals surface area contributed by atoms with Crippen LogP contribution >= 0.6 is 0 Å². The van der Waals surface area contributed by atoms with E-state index in [1.807, 2.05) is 34.6 Å². The lowest BCUT2D eigenvalue weighted by molar-refractivity contribution is 0.0474. The van der Waals surface area contributed by atoms with Crippen LogP contribution in [-0.2, 0) is 11.3 Å². The monoisotopic (exact) mass is 352 g/mol. The minimum Gasteiger partial charge on any atom is -0.444 e. The van der Waals surface area contributed by atoms with Crippen LogP contribution in [0.2, 0.25) is 0 Å². The fourth-order valence-electron chi connectivity index (χ4n) is 1.94. The van der Waals surface area contributed by atoms with E-state index in [2.05, 4.69) is 20.9 Å². The Morgan fingerprint density at radius 1 is 1.12 bits per heavy atom. The van der Waals surface area contributed by atoms with Gasteiger partial charge in [0.25, 0.3) is 0 Å². The lowest BCUT2D eigenvalue weighted by Gasteiger charge is -2.29. The van der Waals surface area contributed by atoms with Gasteiger partial charge in [-0.15, -0.1) is 0 Å². The predicted octanol–water partition coefficient (Wildman–Crippen LogP) is 2.79. The molecule has 1 aromatic rings. The maximum Gasteiger partial charge on any atom is 0.408 e. The van der Waals surface area contributed by atoms with Crippen LogP contribution in [-0.4, -0.2) is 36.8 Å². The van der Waals surface area contributed by atoms with Gasteiger partial charge >= 0.3 is 6.09 Å². The number of nitrogens with zero attached hydrogens (tertiary/aromatic N) is 1. The van der Waals surface area contributed by atoms with Crippen LogP contribution < -0.4 is 16.0 Å². The Kier molecular flexibility index (Phi) is 7.21. The summed E-state index contributed by atoms with van der Waals surface area (Å²) in [4.78, 5) is 16.0. The van der Waals surface area contributed by atoms with Gasteiger partial charge in [0.05, 0.1) is 5.54 Å². The van der Waals surface area contributed by atoms with Crippen molar-refractivity contribution in [1.29, 1.82) is 0 Å². The Morgan fingerprint density at radius 2 is 1.72 bits per heavy atom. The molecule has 0 aliphatic rings. The van der Waals surface area contributed by atoms with E-state index in [9.17, 15) is 9.18 Å². The van der Waals surface area contributed by atoms with Crippen LogP contribution in [0.1, 0.15) is 40.2 Å². The largest absolute Gasteiger partial charge is 0.444 e. The van der Waals surface area contributed by atoms with Crippen molar-refractivity contribution in [2.45, 2.75) is 52.3 Å². The van der Waals surface area contributed by atoms with Gasteiger partial charge in [-0.2, -0.15) is 0 Å². The second-order valence-electron chi connectivity index (χ2n) is 7.42. The van der Waals surface area contributed by atoms with Crippen molar-refractivity contribution in [2.75, 3.05) is 13.6 Å². The molecule has 0 atom stereocenters. The van der Waals surface area contributed by atoms with E-state index in [4.69, 9.17) is 4.74 Å². The smallest absolute Gasteiger partial charge is 0.408 e. The maximum atomic E-state index is 12.9. The highest BCUT2D eigenvalue weighted by atomic mass is 19.1. The summed E-state index contributed by atoms with van der Waals surface area (Å²) >= 11 is 0. The Morgan fingerprint density at radius 3 is 2.24 bits per heavy atom. The quantitative estimate of drug-likeness (QED) is 0.563. The molecule has 0 heterocycles. The number of alkyl carbamates (subject to hydrolysis) is 1. The van der Waals surface area contributed by atoms with E-state index < -0.39 is 17.2 Å². The van der Waals surface area contributed by atoms with Crippen molar-refractivity contribution in [3.8, 4) is 0 Å². The molecule has 6 nitrogen and oxygen atoms in total. The predicted molar refractivity (Wildman–Crippen MR) is 98.1 cm³/mol. The zero-order chi connectivity index (χ0) is 19.1. The molecule has 25 heavy (non-hydrogen) atoms. The number of benzene rings is 1. The number of hydrogen-bond acceptors (Lipinski definition) is 3. The summed E-state index contributed by atoms with van der Waals surface area (Å²) in [5.74, 6) is 0.324. The molecule has 0 unspecified atom stereocenters. The molecule has 1 aromatic carbocycles. The van der Waals surface area contributed by atoms with Crippen molar-refractivity contribution in [3.63, 3.8) is 0 Å². The van der Waals surface area contributed by atoms with Crippen LogP contribution in [0.3, 0.4) is 0 Å². The van der Waals surface area contributed by atoms with Crippen LogP contribution in [0.4, 0.5) is 9.18 Å². The Labute approximate surface area is 149 Å². The van der Waals surface area contributed by atoms with Crippen molar-refractivity contribution in [3.05, 3.63) is 35.6 Å². The minimum absolute atomic E-state index is 0.263. The number of carbonyl (C=O) groups is 1. The molecule has 1 rings (SSSR count). The molecule has 1 amide bonds. The van der Waals surface area contributed by atoms with Crippen LogP contribution in [0.5, 0.6) is 0 Å². The first-order valence-corrected chi connectivity index (χ1v) is 8.21. The van der Waals surface area contributed by atoms with Crippen molar-refractivity contribution < 1.29 is 13.9 Å². The number of nitrogens with one attached hydrogen (secondary N) is 3. The molecule has 0 saturated heterocycles. The van der Waals surface area contributed by atoms with Crippen molar-refractivity contribution in [1.82, 2.24) is 16.0 Å². The van der Waals surface area contributed by atoms with Crippen molar-refractivity contribution >= 4 is 12.1 Å². The lowest BCUT2D eigenvalue weighted by Crippen LogP contribution is -2.54. The van der Waals surface area contributed by atoms with Crippen LogP contribution in [0.15, 0.2) is 29.3 Å². The third-order valence-electron chi connectivity index (χ3n) is 3.13. The molecular formula is C18H29FN4O2. The molecular weight excluding hydrogens is 323 g/mol. The molecule has 0 aliphatic heterocycles. The molecule has 0 aliphatic carbocycles. The molecule has 7 heteroatoms. The van der Waals surface area contributed by atoms with E-state index in [0.29, 0.717) is 19.0 Å². The number of ether oxygens (including phenoxy) is 1. The average Bonchev–Trinajstić information content (AvgIpc) is 2.46. The number of carbonyl (C=O) groups excluding carboxylic acids is 1. The Hall–Kier alpha value is -2.31. The standard InChI is InChI=1S/C18H29FN4O2/c1-17(2,3)25-16(24)23-18(4,5)12-22-15(20-6)21-11-13-7-9-14(19)10-8-13/h7-10H,11-12H2,1-6H3,(H,23,24)(H2,20,21,22). The zero-order valence-electron chi connectivity index (χ0n) is 15.9. The van der Waals surface area contributed by atoms with Gasteiger partial charge in [-0.25, -0.2) is 9.18 Å². The highest BCUT2D eigenvalue weighted by Crippen LogP contribution is 2.09. The van der Waals surface area contributed by atoms with E-state index in [1.165, 1.54) is 12.1 Å². The summed E-state index contributed by atoms with van der Waals surface area (Å²) in [6.45, 7) is 10.2. The van der Waals surface area contributed by atoms with Gasteiger partial charge in [-0.3, -0.25) is 4.99 Å². The van der Waals surface area contributed by atoms with Gasteiger partial charge in [-0.05, 0) is 52.3 Å². The van der Waals surface area contributed by atoms with E-state index in [1.54, 1.807) is 19.2 Å². The van der Waals surface area contributed by atoms with Crippen LogP contribution in [0.25, 0.3) is 0 Å². The summed E-state index contributed by atoms with van der Waals surface area (Å²) < 4.78 is 18.2. The first kappa shape index (κ1) is 20.7. The van der Waals surface area contributed by atoms with E-state index >= 15 is 0 Å². The van der Waals surface area contributed by atoms with Gasteiger partial charge in [0.15, 0.2) is 5.96 Å². The number of halogens is 1. The highest BCUT2D eigenvalue weighted by molar-refractivity contribution is 5.79. The zero-order valence-corrected chi connectivity index (χ0v) is 15.9. The van der Waals surface area contributed by atoms with Gasteiger partial charge in [0.2, 0.25) is 0 Å². The third kappa shape index (κ3) is 8.93. The second kappa shape index (κ2) is 8.69. The number of hydrogen-bond donors (Lipinski definition) is 3. The molecule has 0 bridgehead atoms. The number of guanidine groups is 1. The van der Waals surface area contributed by atoms with Gasteiger partial charge < -0.3 is 20.7 Å². The normalized spacial score (nSPS) is 12.5. The fraction of sp³-hybridized carbons (Fsp3) is 0.556. The number of aliphatic imine (C=N–C) groups is 1. The summed E-state index contributed by atoms with van der Waals surface area (Å²) in [5, 5.41) is 9.12. The maximum absolute atomic E-state index is 12.9. The summed E-state index contributed by atoms with van der Waals surface area (Å²) in [5.41, 5.74) is -0.133. The third-order valence-corrected chi connectivity index (χ3v) is 3.13. The highest BCUT2D eigenvalue weighted by Gasteiger charge is 2.24. The molecule has 140 valence electrons. The molecule has 0 spiro atoms. The van der Waals surface area contributed by atoms with Crippen LogP contribution in [0, 0.1) is 5.82 Å². The Bertz CT molecular complexity index is 592. The Balaban J connectivity index is 2.46. The fourth-order valence-corrected chi connectivity index (χ4v) is 1.94. The minimum atomic E-state index is -0.541. The topological polar surface area (TPSA) is 74.8 Å². The second-order valence-corrected chi connectivity index (χ2v) is 7.42.